The number of nitrogens with zero attached hydrogens (tertiary/aromatic N) is 1. The minimum atomic E-state index is -0.0916. The summed E-state index contributed by atoms with van der Waals surface area (Å²) < 4.78 is 0. The molecule has 0 unspecified atom stereocenters. The Bertz CT molecular complexity index is 2370. The van der Waals surface area contributed by atoms with Crippen molar-refractivity contribution in [3.05, 3.63) is 174 Å². The van der Waals surface area contributed by atoms with E-state index in [4.69, 9.17) is 0 Å². The van der Waals surface area contributed by atoms with Crippen LogP contribution in [0.15, 0.2) is 152 Å². The standard InChI is InChI=1S/C46H37N/c1-45(2)40-23-10-8-20-38(40)44-41(45)24-13-25-43(44)47(33-26-27-37-36-19-7-9-22-39(36)46(3,4)42(37)29-33)32-17-11-16-31(28-32)35-21-12-15-30-14-5-6-18-34(30)35/h5-29H,1-4H3. The molecule has 0 radical (unpaired) electrons. The normalized spacial score (nSPS) is 14.7. The third-order valence-corrected chi connectivity index (χ3v) is 10.9. The molecular formula is C46H37N. The predicted molar refractivity (Wildman–Crippen MR) is 199 cm³/mol. The smallest absolute Gasteiger partial charge is 0.0543 e. The number of benzene rings is 7. The van der Waals surface area contributed by atoms with Gasteiger partial charge in [0, 0.05) is 27.8 Å². The fourth-order valence-electron chi connectivity index (χ4n) is 8.47. The summed E-state index contributed by atoms with van der Waals surface area (Å²) in [6.45, 7) is 9.46. The van der Waals surface area contributed by atoms with Crippen LogP contribution >= 0.6 is 0 Å². The van der Waals surface area contributed by atoms with Gasteiger partial charge in [-0.3, -0.25) is 0 Å². The third-order valence-electron chi connectivity index (χ3n) is 10.9. The van der Waals surface area contributed by atoms with Crippen LogP contribution in [0.25, 0.3) is 44.2 Å². The Labute approximate surface area is 277 Å². The van der Waals surface area contributed by atoms with E-state index in [1.54, 1.807) is 0 Å². The summed E-state index contributed by atoms with van der Waals surface area (Å²) in [5, 5.41) is 2.53. The largest absolute Gasteiger partial charge is 0.310 e. The van der Waals surface area contributed by atoms with E-state index in [-0.39, 0.29) is 10.8 Å². The number of anilines is 3. The van der Waals surface area contributed by atoms with Gasteiger partial charge in [0.1, 0.15) is 0 Å². The lowest BCUT2D eigenvalue weighted by Crippen LogP contribution is -2.17. The highest BCUT2D eigenvalue weighted by Crippen LogP contribution is 2.55. The van der Waals surface area contributed by atoms with E-state index in [2.05, 4.69) is 184 Å². The molecule has 0 N–H and O–H groups in total. The Morgan fingerprint density at radius 3 is 1.83 bits per heavy atom. The molecular weight excluding hydrogens is 567 g/mol. The average Bonchev–Trinajstić information content (AvgIpc) is 3.48. The Morgan fingerprint density at radius 2 is 0.979 bits per heavy atom. The maximum Gasteiger partial charge on any atom is 0.0543 e. The second kappa shape index (κ2) is 10.0. The van der Waals surface area contributed by atoms with Crippen molar-refractivity contribution in [1.82, 2.24) is 0 Å². The fraction of sp³-hybridized carbons (Fsp3) is 0.130. The molecule has 0 atom stereocenters. The summed E-state index contributed by atoms with van der Waals surface area (Å²) in [7, 11) is 0. The molecule has 0 aliphatic heterocycles. The maximum absolute atomic E-state index is 2.50. The maximum atomic E-state index is 2.50. The van der Waals surface area contributed by atoms with E-state index >= 15 is 0 Å². The average molecular weight is 604 g/mol. The van der Waals surface area contributed by atoms with Crippen LogP contribution in [-0.2, 0) is 10.8 Å². The molecule has 7 aromatic carbocycles. The molecule has 47 heavy (non-hydrogen) atoms. The summed E-state index contributed by atoms with van der Waals surface area (Å²) >= 11 is 0. The van der Waals surface area contributed by atoms with E-state index in [1.807, 2.05) is 0 Å². The van der Waals surface area contributed by atoms with Crippen molar-refractivity contribution in [2.45, 2.75) is 38.5 Å². The van der Waals surface area contributed by atoms with Crippen molar-refractivity contribution in [3.63, 3.8) is 0 Å². The number of rotatable bonds is 4. The van der Waals surface area contributed by atoms with Gasteiger partial charge in [-0.15, -0.1) is 0 Å². The molecule has 0 spiro atoms. The highest BCUT2D eigenvalue weighted by molar-refractivity contribution is 5.99. The highest BCUT2D eigenvalue weighted by atomic mass is 15.1. The molecule has 2 aliphatic carbocycles. The van der Waals surface area contributed by atoms with E-state index in [0.29, 0.717) is 0 Å². The molecule has 0 saturated carbocycles. The first-order valence-electron chi connectivity index (χ1n) is 16.7. The van der Waals surface area contributed by atoms with Crippen molar-refractivity contribution in [2.24, 2.45) is 0 Å². The van der Waals surface area contributed by atoms with Gasteiger partial charge in [0.2, 0.25) is 0 Å². The zero-order chi connectivity index (χ0) is 31.9. The van der Waals surface area contributed by atoms with Crippen LogP contribution in [0.5, 0.6) is 0 Å². The molecule has 1 nitrogen and oxygen atoms in total. The van der Waals surface area contributed by atoms with Gasteiger partial charge >= 0.3 is 0 Å². The number of fused-ring (bicyclic) bond motifs is 7. The van der Waals surface area contributed by atoms with Gasteiger partial charge in [0.25, 0.3) is 0 Å². The van der Waals surface area contributed by atoms with E-state index in [1.165, 1.54) is 77.8 Å². The van der Waals surface area contributed by atoms with Crippen molar-refractivity contribution >= 4 is 27.8 Å². The van der Waals surface area contributed by atoms with Crippen molar-refractivity contribution in [1.29, 1.82) is 0 Å². The first-order chi connectivity index (χ1) is 22.8. The van der Waals surface area contributed by atoms with Gasteiger partial charge in [-0.1, -0.05) is 149 Å². The molecule has 7 aromatic rings. The van der Waals surface area contributed by atoms with Gasteiger partial charge in [-0.25, -0.2) is 0 Å². The Hall–Kier alpha value is -5.40. The summed E-state index contributed by atoms with van der Waals surface area (Å²) in [6.07, 6.45) is 0. The van der Waals surface area contributed by atoms with Crippen molar-refractivity contribution in [2.75, 3.05) is 4.90 Å². The lowest BCUT2D eigenvalue weighted by atomic mass is 9.82. The van der Waals surface area contributed by atoms with Crippen LogP contribution in [0.3, 0.4) is 0 Å². The second-order valence-electron chi connectivity index (χ2n) is 14.2. The zero-order valence-corrected chi connectivity index (χ0v) is 27.4. The van der Waals surface area contributed by atoms with E-state index in [0.717, 1.165) is 5.69 Å². The lowest BCUT2D eigenvalue weighted by Gasteiger charge is -2.30. The summed E-state index contributed by atoms with van der Waals surface area (Å²) in [6, 6.07) is 56.3. The molecule has 0 amide bonds. The van der Waals surface area contributed by atoms with Crippen molar-refractivity contribution < 1.29 is 0 Å². The lowest BCUT2D eigenvalue weighted by molar-refractivity contribution is 0.660. The molecule has 2 aliphatic rings. The van der Waals surface area contributed by atoms with Gasteiger partial charge in [0.05, 0.1) is 5.69 Å². The third kappa shape index (κ3) is 4.02. The fourth-order valence-corrected chi connectivity index (χ4v) is 8.47. The Kier molecular flexibility index (Phi) is 5.96. The first-order valence-corrected chi connectivity index (χ1v) is 16.7. The minimum Gasteiger partial charge on any atom is -0.310 e. The van der Waals surface area contributed by atoms with Crippen LogP contribution in [0.2, 0.25) is 0 Å². The Balaban J connectivity index is 1.30. The van der Waals surface area contributed by atoms with Gasteiger partial charge < -0.3 is 4.90 Å². The minimum absolute atomic E-state index is 0.0834. The van der Waals surface area contributed by atoms with E-state index in [9.17, 15) is 0 Å². The predicted octanol–water partition coefficient (Wildman–Crippen LogP) is 12.6. The number of hydrogen-bond donors (Lipinski definition) is 0. The zero-order valence-electron chi connectivity index (χ0n) is 27.4. The molecule has 0 heterocycles. The van der Waals surface area contributed by atoms with Crippen LogP contribution in [0, 0.1) is 0 Å². The molecule has 0 aromatic heterocycles. The molecule has 9 rings (SSSR count). The summed E-state index contributed by atoms with van der Waals surface area (Å²) in [5.74, 6) is 0. The van der Waals surface area contributed by atoms with Gasteiger partial charge in [-0.05, 0) is 91.2 Å². The van der Waals surface area contributed by atoms with Crippen molar-refractivity contribution in [3.8, 4) is 33.4 Å². The topological polar surface area (TPSA) is 3.24 Å². The molecule has 0 bridgehead atoms. The molecule has 1 heteroatoms. The monoisotopic (exact) mass is 603 g/mol. The van der Waals surface area contributed by atoms with Crippen LogP contribution < -0.4 is 4.90 Å². The highest BCUT2D eigenvalue weighted by Gasteiger charge is 2.39. The number of hydrogen-bond acceptors (Lipinski definition) is 1. The summed E-state index contributed by atoms with van der Waals surface area (Å²) in [5.41, 5.74) is 16.7. The Morgan fingerprint density at radius 1 is 0.404 bits per heavy atom. The van der Waals surface area contributed by atoms with Crippen LogP contribution in [0.4, 0.5) is 17.1 Å². The molecule has 0 saturated heterocycles. The quantitative estimate of drug-likeness (QED) is 0.193. The first kappa shape index (κ1) is 27.9. The van der Waals surface area contributed by atoms with E-state index < -0.39 is 0 Å². The van der Waals surface area contributed by atoms with Crippen LogP contribution in [-0.4, -0.2) is 0 Å². The van der Waals surface area contributed by atoms with Gasteiger partial charge in [-0.2, -0.15) is 0 Å². The molecule has 0 fully saturated rings. The molecule has 226 valence electrons. The van der Waals surface area contributed by atoms with Gasteiger partial charge in [0.15, 0.2) is 0 Å². The second-order valence-corrected chi connectivity index (χ2v) is 14.2. The van der Waals surface area contributed by atoms with Crippen LogP contribution in [0.1, 0.15) is 49.9 Å². The summed E-state index contributed by atoms with van der Waals surface area (Å²) in [4.78, 5) is 2.50. The SMILES string of the molecule is CC1(C)c2ccccc2-c2ccc(N(c3cccc(-c4cccc5ccccc45)c3)c3cccc4c3-c3ccccc3C4(C)C)cc21.